The summed E-state index contributed by atoms with van der Waals surface area (Å²) in [5, 5.41) is 0. The number of nitrogens with zero attached hydrogens (tertiary/aromatic N) is 2. The van der Waals surface area contributed by atoms with Crippen LogP contribution in [-0.4, -0.2) is 9.97 Å². The lowest BCUT2D eigenvalue weighted by molar-refractivity contribution is 0.0492. The van der Waals surface area contributed by atoms with Gasteiger partial charge in [-0.15, -0.1) is 0 Å². The molecule has 2 rings (SSSR count). The lowest BCUT2D eigenvalue weighted by atomic mass is 10.3. The minimum absolute atomic E-state index is 0.225. The first-order chi connectivity index (χ1) is 5.93. The molecular weight excluding hydrogens is 258 g/mol. The maximum Gasteiger partial charge on any atom is 0.266 e. The molecule has 0 N–H and O–H groups in total. The SMILES string of the molecule is ClC1(Cl)OC(Cl)(Cl)c2nccnc21. The van der Waals surface area contributed by atoms with Gasteiger partial charge in [-0.3, -0.25) is 14.7 Å². The van der Waals surface area contributed by atoms with E-state index in [2.05, 4.69) is 9.97 Å². The Morgan fingerprint density at radius 1 is 0.923 bits per heavy atom. The van der Waals surface area contributed by atoms with E-state index >= 15 is 0 Å². The van der Waals surface area contributed by atoms with Crippen molar-refractivity contribution in [2.75, 3.05) is 0 Å². The first-order valence-electron chi connectivity index (χ1n) is 3.21. The Morgan fingerprint density at radius 2 is 1.31 bits per heavy atom. The molecule has 0 fully saturated rings. The van der Waals surface area contributed by atoms with Crippen molar-refractivity contribution < 1.29 is 4.74 Å². The lowest BCUT2D eigenvalue weighted by Gasteiger charge is -2.15. The molecule has 1 aliphatic heterocycles. The van der Waals surface area contributed by atoms with Crippen molar-refractivity contribution in [1.82, 2.24) is 9.97 Å². The molecule has 13 heavy (non-hydrogen) atoms. The molecule has 0 bridgehead atoms. The lowest BCUT2D eigenvalue weighted by Crippen LogP contribution is -2.14. The van der Waals surface area contributed by atoms with Crippen LogP contribution in [0.5, 0.6) is 0 Å². The fourth-order valence-electron chi connectivity index (χ4n) is 1.02. The highest BCUT2D eigenvalue weighted by Gasteiger charge is 2.53. The van der Waals surface area contributed by atoms with Crippen molar-refractivity contribution in [3.05, 3.63) is 23.8 Å². The summed E-state index contributed by atoms with van der Waals surface area (Å²) in [5.74, 6) is 0. The summed E-state index contributed by atoms with van der Waals surface area (Å²) < 4.78 is 1.68. The van der Waals surface area contributed by atoms with Gasteiger partial charge < -0.3 is 0 Å². The van der Waals surface area contributed by atoms with E-state index < -0.39 is 9.04 Å². The molecule has 1 aromatic heterocycles. The summed E-state index contributed by atoms with van der Waals surface area (Å²) in [6.07, 6.45) is 2.85. The molecule has 0 aromatic carbocycles. The third-order valence-electron chi connectivity index (χ3n) is 1.51. The van der Waals surface area contributed by atoms with Crippen molar-refractivity contribution in [2.45, 2.75) is 9.04 Å². The normalized spacial score (nSPS) is 22.8. The number of hydrogen-bond acceptors (Lipinski definition) is 3. The van der Waals surface area contributed by atoms with Crippen LogP contribution in [0.3, 0.4) is 0 Å². The number of fused-ring (bicyclic) bond motifs is 1. The highest BCUT2D eigenvalue weighted by atomic mass is 35.5. The molecule has 1 aromatic rings. The smallest absolute Gasteiger partial charge is 0.266 e. The van der Waals surface area contributed by atoms with E-state index in [9.17, 15) is 0 Å². The Hall–Kier alpha value is 0.200. The van der Waals surface area contributed by atoms with Crippen LogP contribution >= 0.6 is 46.4 Å². The van der Waals surface area contributed by atoms with Crippen LogP contribution in [0.2, 0.25) is 0 Å². The Balaban J connectivity index is 2.64. The van der Waals surface area contributed by atoms with E-state index in [1.165, 1.54) is 12.4 Å². The Morgan fingerprint density at radius 3 is 1.69 bits per heavy atom. The Bertz CT molecular complexity index is 321. The van der Waals surface area contributed by atoms with Crippen molar-refractivity contribution in [3.8, 4) is 0 Å². The van der Waals surface area contributed by atoms with Crippen LogP contribution in [0, 0.1) is 0 Å². The topological polar surface area (TPSA) is 35.0 Å². The van der Waals surface area contributed by atoms with Crippen molar-refractivity contribution in [3.63, 3.8) is 0 Å². The van der Waals surface area contributed by atoms with Gasteiger partial charge in [-0.05, 0) is 0 Å². The van der Waals surface area contributed by atoms with Gasteiger partial charge in [0.2, 0.25) is 0 Å². The summed E-state index contributed by atoms with van der Waals surface area (Å²) in [6, 6.07) is 0. The van der Waals surface area contributed by atoms with Gasteiger partial charge in [0.15, 0.2) is 0 Å². The Labute approximate surface area is 93.9 Å². The third kappa shape index (κ3) is 1.49. The molecule has 2 heterocycles. The van der Waals surface area contributed by atoms with Crippen LogP contribution < -0.4 is 0 Å². The van der Waals surface area contributed by atoms with E-state index in [-0.39, 0.29) is 11.4 Å². The van der Waals surface area contributed by atoms with Gasteiger partial charge in [0.05, 0.1) is 0 Å². The van der Waals surface area contributed by atoms with E-state index in [4.69, 9.17) is 51.1 Å². The summed E-state index contributed by atoms with van der Waals surface area (Å²) >= 11 is 23.0. The molecule has 0 aliphatic carbocycles. The first kappa shape index (κ1) is 9.74. The van der Waals surface area contributed by atoms with Gasteiger partial charge in [0.25, 0.3) is 9.04 Å². The van der Waals surface area contributed by atoms with Crippen molar-refractivity contribution in [2.24, 2.45) is 0 Å². The number of rotatable bonds is 0. The second kappa shape index (κ2) is 2.84. The van der Waals surface area contributed by atoms with E-state index in [0.717, 1.165) is 0 Å². The summed E-state index contributed by atoms with van der Waals surface area (Å²) in [7, 11) is 0. The fraction of sp³-hybridized carbons (Fsp3) is 0.333. The number of ether oxygens (including phenoxy) is 1. The molecule has 0 spiro atoms. The average Bonchev–Trinajstić information content (AvgIpc) is 2.20. The molecule has 70 valence electrons. The predicted octanol–water partition coefficient (Wildman–Crippen LogP) is 2.68. The van der Waals surface area contributed by atoms with E-state index in [1.54, 1.807) is 0 Å². The summed E-state index contributed by atoms with van der Waals surface area (Å²) in [5.41, 5.74) is 0.451. The average molecular weight is 260 g/mol. The fourth-order valence-corrected chi connectivity index (χ4v) is 2.20. The van der Waals surface area contributed by atoms with Crippen LogP contribution in [0.15, 0.2) is 12.4 Å². The molecule has 0 radical (unpaired) electrons. The molecule has 1 aliphatic rings. The van der Waals surface area contributed by atoms with Gasteiger partial charge in [0.1, 0.15) is 11.4 Å². The molecule has 0 saturated heterocycles. The van der Waals surface area contributed by atoms with Crippen molar-refractivity contribution in [1.29, 1.82) is 0 Å². The quantitative estimate of drug-likeness (QED) is 0.672. The van der Waals surface area contributed by atoms with Crippen LogP contribution in [-0.2, 0) is 13.8 Å². The first-order valence-corrected chi connectivity index (χ1v) is 4.72. The van der Waals surface area contributed by atoms with Crippen LogP contribution in [0.4, 0.5) is 0 Å². The minimum Gasteiger partial charge on any atom is -0.299 e. The van der Waals surface area contributed by atoms with Crippen molar-refractivity contribution >= 4 is 46.4 Å². The molecule has 0 atom stereocenters. The van der Waals surface area contributed by atoms with E-state index in [1.807, 2.05) is 0 Å². The highest BCUT2D eigenvalue weighted by molar-refractivity contribution is 6.51. The van der Waals surface area contributed by atoms with Gasteiger partial charge in [-0.1, -0.05) is 46.4 Å². The van der Waals surface area contributed by atoms with Gasteiger partial charge in [-0.25, -0.2) is 0 Å². The van der Waals surface area contributed by atoms with Crippen LogP contribution in [0.1, 0.15) is 11.4 Å². The van der Waals surface area contributed by atoms with E-state index in [0.29, 0.717) is 0 Å². The van der Waals surface area contributed by atoms with Gasteiger partial charge >= 0.3 is 0 Å². The molecule has 3 nitrogen and oxygen atoms in total. The largest absolute Gasteiger partial charge is 0.299 e. The molecule has 0 unspecified atom stereocenters. The number of halogens is 4. The standard InChI is InChI=1S/C6H2Cl4N2O/c7-5(8)3-4(6(9,10)13-5)12-2-1-11-3/h1-2H. The molecule has 0 amide bonds. The second-order valence-corrected chi connectivity index (χ2v) is 4.91. The zero-order valence-corrected chi connectivity index (χ0v) is 8.99. The number of hydrogen-bond donors (Lipinski definition) is 0. The maximum absolute atomic E-state index is 5.75. The molecular formula is C6H2Cl4N2O. The predicted molar refractivity (Wildman–Crippen MR) is 49.9 cm³/mol. The molecule has 7 heteroatoms. The van der Waals surface area contributed by atoms with Gasteiger partial charge in [-0.2, -0.15) is 0 Å². The van der Waals surface area contributed by atoms with Crippen LogP contribution in [0.25, 0.3) is 0 Å². The Kier molecular flexibility index (Phi) is 2.13. The number of aromatic nitrogens is 2. The third-order valence-corrected chi connectivity index (χ3v) is 2.53. The minimum atomic E-state index is -1.63. The zero-order chi connectivity index (χ0) is 9.69. The highest BCUT2D eigenvalue weighted by Crippen LogP contribution is 2.54. The molecule has 0 saturated carbocycles. The number of alkyl halides is 4. The second-order valence-electron chi connectivity index (χ2n) is 2.39. The zero-order valence-electron chi connectivity index (χ0n) is 5.97. The summed E-state index contributed by atoms with van der Waals surface area (Å²) in [4.78, 5) is 7.77. The monoisotopic (exact) mass is 258 g/mol. The maximum atomic E-state index is 5.75. The summed E-state index contributed by atoms with van der Waals surface area (Å²) in [6.45, 7) is 0. The van der Waals surface area contributed by atoms with Gasteiger partial charge in [0, 0.05) is 12.4 Å².